The second kappa shape index (κ2) is 7.64. The molecule has 0 atom stereocenters. The Morgan fingerprint density at radius 1 is 1.11 bits per heavy atom. The number of fused-ring (bicyclic) bond motifs is 1. The van der Waals surface area contributed by atoms with E-state index in [1.54, 1.807) is 36.4 Å². The van der Waals surface area contributed by atoms with E-state index in [1.165, 1.54) is 5.56 Å². The second-order valence-corrected chi connectivity index (χ2v) is 7.56. The van der Waals surface area contributed by atoms with E-state index in [1.807, 2.05) is 24.0 Å². The highest BCUT2D eigenvalue weighted by Gasteiger charge is 2.25. The molecule has 0 saturated heterocycles. The number of aryl methyl sites for hydroxylation is 2. The minimum Gasteiger partial charge on any atom is -0.444 e. The number of furan rings is 1. The number of para-hydroxylation sites is 1. The minimum atomic E-state index is -0.366. The number of hydrogen-bond donors (Lipinski definition) is 1. The third kappa shape index (κ3) is 3.60. The predicted molar refractivity (Wildman–Crippen MR) is 112 cm³/mol. The predicted octanol–water partition coefficient (Wildman–Crippen LogP) is 5.20. The number of hydrogen-bond acceptors (Lipinski definition) is 3. The van der Waals surface area contributed by atoms with E-state index in [4.69, 9.17) is 4.42 Å². The maximum absolute atomic E-state index is 13.2. The van der Waals surface area contributed by atoms with Crippen molar-refractivity contribution >= 4 is 39.1 Å². The summed E-state index contributed by atoms with van der Waals surface area (Å²) in [4.78, 5) is 27.4. The van der Waals surface area contributed by atoms with Crippen LogP contribution in [-0.2, 0) is 6.42 Å². The summed E-state index contributed by atoms with van der Waals surface area (Å²) in [5.41, 5.74) is 4.39. The van der Waals surface area contributed by atoms with Crippen molar-refractivity contribution in [2.45, 2.75) is 19.8 Å². The van der Waals surface area contributed by atoms with Crippen molar-refractivity contribution in [1.29, 1.82) is 0 Å². The summed E-state index contributed by atoms with van der Waals surface area (Å²) in [5.74, 6) is -0.231. The zero-order valence-electron chi connectivity index (χ0n) is 15.4. The molecule has 6 heteroatoms. The molecule has 5 nitrogen and oxygen atoms in total. The van der Waals surface area contributed by atoms with Crippen LogP contribution in [0.3, 0.4) is 0 Å². The molecule has 142 valence electrons. The van der Waals surface area contributed by atoms with Gasteiger partial charge in [0.2, 0.25) is 0 Å². The summed E-state index contributed by atoms with van der Waals surface area (Å²) >= 11 is 3.18. The maximum Gasteiger partial charge on any atom is 0.291 e. The van der Waals surface area contributed by atoms with E-state index in [2.05, 4.69) is 27.3 Å². The van der Waals surface area contributed by atoms with Gasteiger partial charge in [0, 0.05) is 17.8 Å². The molecule has 4 rings (SSSR count). The number of carbonyl (C=O) groups excluding carboxylic acids is 2. The average molecular weight is 439 g/mol. The highest BCUT2D eigenvalue weighted by Crippen LogP contribution is 2.32. The number of rotatable bonds is 3. The van der Waals surface area contributed by atoms with Gasteiger partial charge in [-0.15, -0.1) is 0 Å². The van der Waals surface area contributed by atoms with Gasteiger partial charge in [0.05, 0.1) is 5.69 Å². The van der Waals surface area contributed by atoms with Gasteiger partial charge in [0.25, 0.3) is 11.8 Å². The molecule has 0 radical (unpaired) electrons. The molecular weight excluding hydrogens is 420 g/mol. The van der Waals surface area contributed by atoms with Gasteiger partial charge >= 0.3 is 0 Å². The average Bonchev–Trinajstić information content (AvgIpc) is 3.14. The Morgan fingerprint density at radius 3 is 2.71 bits per heavy atom. The largest absolute Gasteiger partial charge is 0.444 e. The molecule has 1 N–H and O–H groups in total. The van der Waals surface area contributed by atoms with Crippen molar-refractivity contribution in [3.63, 3.8) is 0 Å². The molecular formula is C22H19BrN2O3. The molecule has 0 fully saturated rings. The number of amides is 2. The van der Waals surface area contributed by atoms with Crippen LogP contribution in [0.25, 0.3) is 0 Å². The summed E-state index contributed by atoms with van der Waals surface area (Å²) in [5, 5.41) is 2.78. The van der Waals surface area contributed by atoms with Crippen LogP contribution in [0.2, 0.25) is 0 Å². The number of carbonyl (C=O) groups is 2. The monoisotopic (exact) mass is 438 g/mol. The molecule has 2 heterocycles. The molecule has 28 heavy (non-hydrogen) atoms. The summed E-state index contributed by atoms with van der Waals surface area (Å²) < 4.78 is 5.76. The molecule has 1 aliphatic heterocycles. The lowest BCUT2D eigenvalue weighted by molar-refractivity contribution is 0.0979. The van der Waals surface area contributed by atoms with E-state index < -0.39 is 0 Å². The zero-order valence-corrected chi connectivity index (χ0v) is 17.0. The van der Waals surface area contributed by atoms with Gasteiger partial charge in [0.1, 0.15) is 0 Å². The Balaban J connectivity index is 1.58. The van der Waals surface area contributed by atoms with Crippen molar-refractivity contribution in [3.8, 4) is 0 Å². The fraction of sp³-hybridized carbons (Fsp3) is 0.182. The molecule has 0 saturated carbocycles. The van der Waals surface area contributed by atoms with Crippen molar-refractivity contribution in [2.24, 2.45) is 0 Å². The molecule has 1 aliphatic rings. The zero-order chi connectivity index (χ0) is 19.7. The maximum atomic E-state index is 13.2. The quantitative estimate of drug-likeness (QED) is 0.611. The Kier molecular flexibility index (Phi) is 5.05. The number of anilines is 2. The number of nitrogens with zero attached hydrogens (tertiary/aromatic N) is 1. The van der Waals surface area contributed by atoms with Crippen molar-refractivity contribution < 1.29 is 14.0 Å². The van der Waals surface area contributed by atoms with Crippen LogP contribution in [0.1, 0.15) is 38.5 Å². The summed E-state index contributed by atoms with van der Waals surface area (Å²) in [7, 11) is 0. The van der Waals surface area contributed by atoms with Gasteiger partial charge in [-0.3, -0.25) is 9.59 Å². The topological polar surface area (TPSA) is 62.6 Å². The van der Waals surface area contributed by atoms with Gasteiger partial charge < -0.3 is 14.6 Å². The van der Waals surface area contributed by atoms with Crippen LogP contribution in [0.5, 0.6) is 0 Å². The van der Waals surface area contributed by atoms with E-state index in [0.717, 1.165) is 24.1 Å². The van der Waals surface area contributed by atoms with Crippen LogP contribution >= 0.6 is 15.9 Å². The van der Waals surface area contributed by atoms with Crippen LogP contribution in [0, 0.1) is 6.92 Å². The smallest absolute Gasteiger partial charge is 0.291 e. The van der Waals surface area contributed by atoms with Crippen LogP contribution in [-0.4, -0.2) is 18.4 Å². The Bertz CT molecular complexity index is 1060. The summed E-state index contributed by atoms with van der Waals surface area (Å²) in [6, 6.07) is 16.4. The van der Waals surface area contributed by atoms with Gasteiger partial charge in [-0.05, 0) is 77.2 Å². The molecule has 1 aromatic heterocycles. The lowest BCUT2D eigenvalue weighted by atomic mass is 9.97. The Labute approximate surface area is 171 Å². The van der Waals surface area contributed by atoms with Gasteiger partial charge in [-0.2, -0.15) is 0 Å². The first kappa shape index (κ1) is 18.5. The van der Waals surface area contributed by atoms with Crippen LogP contribution < -0.4 is 10.2 Å². The first-order chi connectivity index (χ1) is 13.5. The third-order valence-corrected chi connectivity index (χ3v) is 5.25. The molecule has 0 unspecified atom stereocenters. The lowest BCUT2D eigenvalue weighted by Crippen LogP contribution is -2.36. The lowest BCUT2D eigenvalue weighted by Gasteiger charge is -2.31. The van der Waals surface area contributed by atoms with Crippen LogP contribution in [0.15, 0.2) is 63.7 Å². The van der Waals surface area contributed by atoms with E-state index >= 15 is 0 Å². The Hall–Kier alpha value is -2.86. The van der Waals surface area contributed by atoms with E-state index in [9.17, 15) is 9.59 Å². The first-order valence-electron chi connectivity index (χ1n) is 9.10. The fourth-order valence-electron chi connectivity index (χ4n) is 3.57. The second-order valence-electron chi connectivity index (χ2n) is 6.78. The molecule has 3 aromatic rings. The minimum absolute atomic E-state index is 0.0629. The van der Waals surface area contributed by atoms with Crippen molar-refractivity contribution in [1.82, 2.24) is 0 Å². The first-order valence-corrected chi connectivity index (χ1v) is 9.89. The molecule has 2 aromatic carbocycles. The third-order valence-electron chi connectivity index (χ3n) is 4.83. The molecule has 0 spiro atoms. The molecule has 0 bridgehead atoms. The number of benzene rings is 2. The van der Waals surface area contributed by atoms with E-state index in [-0.39, 0.29) is 17.6 Å². The molecule has 0 aliphatic carbocycles. The number of nitrogens with one attached hydrogen (secondary N) is 1. The van der Waals surface area contributed by atoms with Crippen molar-refractivity contribution in [2.75, 3.05) is 16.8 Å². The normalized spacial score (nSPS) is 13.1. The SMILES string of the molecule is Cc1cccc2c1N(C(=O)c1cccc(NC(=O)c3ccc(Br)o3)c1)CCC2. The van der Waals surface area contributed by atoms with E-state index in [0.29, 0.717) is 22.5 Å². The standard InChI is InChI=1S/C22H19BrN2O3/c1-14-5-2-6-15-8-4-12-25(20(14)15)22(27)16-7-3-9-17(13-16)24-21(26)18-10-11-19(23)28-18/h2-3,5-7,9-11,13H,4,8,12H2,1H3,(H,24,26). The van der Waals surface area contributed by atoms with Crippen molar-refractivity contribution in [3.05, 3.63) is 81.7 Å². The highest BCUT2D eigenvalue weighted by molar-refractivity contribution is 9.10. The van der Waals surface area contributed by atoms with Crippen LogP contribution in [0.4, 0.5) is 11.4 Å². The highest BCUT2D eigenvalue weighted by atomic mass is 79.9. The summed E-state index contributed by atoms with van der Waals surface area (Å²) in [6.07, 6.45) is 1.92. The summed E-state index contributed by atoms with van der Waals surface area (Å²) in [6.45, 7) is 2.72. The van der Waals surface area contributed by atoms with Gasteiger partial charge in [-0.25, -0.2) is 0 Å². The van der Waals surface area contributed by atoms with Gasteiger partial charge in [-0.1, -0.05) is 24.3 Å². The fourth-order valence-corrected chi connectivity index (χ4v) is 3.87. The number of halogens is 1. The Morgan fingerprint density at radius 2 is 1.93 bits per heavy atom. The molecule has 2 amide bonds. The van der Waals surface area contributed by atoms with Gasteiger partial charge in [0.15, 0.2) is 10.4 Å².